The Morgan fingerprint density at radius 1 is 1.25 bits per heavy atom. The summed E-state index contributed by atoms with van der Waals surface area (Å²) in [7, 11) is 0. The van der Waals surface area contributed by atoms with Crippen LogP contribution in [0.4, 0.5) is 8.78 Å². The molecular formula is C12H16ClF2N. The Labute approximate surface area is 101 Å². The molecule has 1 fully saturated rings. The Balaban J connectivity index is 0.00000128. The third-order valence-corrected chi connectivity index (χ3v) is 3.16. The molecule has 1 heterocycles. The zero-order chi connectivity index (χ0) is 10.8. The van der Waals surface area contributed by atoms with Crippen LogP contribution in [0.15, 0.2) is 18.2 Å². The van der Waals surface area contributed by atoms with Gasteiger partial charge >= 0.3 is 0 Å². The summed E-state index contributed by atoms with van der Waals surface area (Å²) in [5.41, 5.74) is 0.919. The predicted molar refractivity (Wildman–Crippen MR) is 63.0 cm³/mol. The van der Waals surface area contributed by atoms with E-state index in [0.717, 1.165) is 25.1 Å². The minimum Gasteiger partial charge on any atom is -0.316 e. The molecule has 0 aliphatic carbocycles. The standard InChI is InChI=1S/C12H15F2N.ClH/c1-8-7-15-5-4-10(8)9-2-3-11(13)12(14)6-9;/h2-3,6,8,10,15H,4-5,7H2,1H3;1H/t8-,10+;/m0./s1. The maximum absolute atomic E-state index is 13.1. The Bertz CT molecular complexity index is 357. The summed E-state index contributed by atoms with van der Waals surface area (Å²) in [6.07, 6.45) is 0.992. The van der Waals surface area contributed by atoms with E-state index < -0.39 is 11.6 Å². The molecule has 2 atom stereocenters. The van der Waals surface area contributed by atoms with Crippen LogP contribution in [0.2, 0.25) is 0 Å². The van der Waals surface area contributed by atoms with E-state index in [1.807, 2.05) is 0 Å². The van der Waals surface area contributed by atoms with E-state index in [-0.39, 0.29) is 12.4 Å². The van der Waals surface area contributed by atoms with Crippen molar-refractivity contribution in [3.63, 3.8) is 0 Å². The lowest BCUT2D eigenvalue weighted by Crippen LogP contribution is -2.33. The second kappa shape index (κ2) is 5.60. The number of hydrogen-bond donors (Lipinski definition) is 1. The van der Waals surface area contributed by atoms with Crippen molar-refractivity contribution in [2.75, 3.05) is 13.1 Å². The quantitative estimate of drug-likeness (QED) is 0.804. The molecular weight excluding hydrogens is 232 g/mol. The predicted octanol–water partition coefficient (Wildman–Crippen LogP) is 3.10. The molecule has 1 aromatic carbocycles. The highest BCUT2D eigenvalue weighted by atomic mass is 35.5. The number of benzene rings is 1. The van der Waals surface area contributed by atoms with Gasteiger partial charge in [-0.15, -0.1) is 12.4 Å². The average Bonchev–Trinajstić information content (AvgIpc) is 2.23. The summed E-state index contributed by atoms with van der Waals surface area (Å²) < 4.78 is 25.8. The molecule has 1 N–H and O–H groups in total. The monoisotopic (exact) mass is 247 g/mol. The highest BCUT2D eigenvalue weighted by Gasteiger charge is 2.23. The molecule has 1 nitrogen and oxygen atoms in total. The number of hydrogen-bond acceptors (Lipinski definition) is 1. The van der Waals surface area contributed by atoms with Gasteiger partial charge in [0.2, 0.25) is 0 Å². The largest absolute Gasteiger partial charge is 0.316 e. The van der Waals surface area contributed by atoms with Crippen LogP contribution >= 0.6 is 12.4 Å². The SMILES string of the molecule is C[C@H]1CNCC[C@H]1c1ccc(F)c(F)c1.Cl. The van der Waals surface area contributed by atoms with Gasteiger partial charge in [0.1, 0.15) is 0 Å². The van der Waals surface area contributed by atoms with Gasteiger partial charge in [-0.2, -0.15) is 0 Å². The lowest BCUT2D eigenvalue weighted by Gasteiger charge is -2.29. The molecule has 0 radical (unpaired) electrons. The summed E-state index contributed by atoms with van der Waals surface area (Å²) in [5, 5.41) is 3.29. The second-order valence-corrected chi connectivity index (χ2v) is 4.25. The van der Waals surface area contributed by atoms with Crippen LogP contribution < -0.4 is 5.32 Å². The molecule has 0 amide bonds. The van der Waals surface area contributed by atoms with E-state index in [0.29, 0.717) is 11.8 Å². The molecule has 0 saturated carbocycles. The smallest absolute Gasteiger partial charge is 0.159 e. The Morgan fingerprint density at radius 3 is 2.62 bits per heavy atom. The van der Waals surface area contributed by atoms with Crippen molar-refractivity contribution in [2.45, 2.75) is 19.3 Å². The molecule has 0 bridgehead atoms. The highest BCUT2D eigenvalue weighted by Crippen LogP contribution is 2.30. The molecule has 4 heteroatoms. The molecule has 90 valence electrons. The second-order valence-electron chi connectivity index (χ2n) is 4.25. The number of rotatable bonds is 1. The van der Waals surface area contributed by atoms with Gasteiger partial charge < -0.3 is 5.32 Å². The van der Waals surface area contributed by atoms with Crippen molar-refractivity contribution in [1.82, 2.24) is 5.32 Å². The van der Waals surface area contributed by atoms with Crippen molar-refractivity contribution in [2.24, 2.45) is 5.92 Å². The van der Waals surface area contributed by atoms with E-state index in [4.69, 9.17) is 0 Å². The molecule has 2 rings (SSSR count). The van der Waals surface area contributed by atoms with E-state index in [2.05, 4.69) is 12.2 Å². The van der Waals surface area contributed by atoms with Gasteiger partial charge in [0.25, 0.3) is 0 Å². The van der Waals surface area contributed by atoms with Crippen molar-refractivity contribution in [1.29, 1.82) is 0 Å². The van der Waals surface area contributed by atoms with Crippen LogP contribution in [-0.2, 0) is 0 Å². The summed E-state index contributed by atoms with van der Waals surface area (Å²) in [4.78, 5) is 0. The van der Waals surface area contributed by atoms with Gasteiger partial charge in [0.05, 0.1) is 0 Å². The fraction of sp³-hybridized carbons (Fsp3) is 0.500. The average molecular weight is 248 g/mol. The van der Waals surface area contributed by atoms with Gasteiger partial charge in [0.15, 0.2) is 11.6 Å². The van der Waals surface area contributed by atoms with Crippen LogP contribution in [0.3, 0.4) is 0 Å². The summed E-state index contributed by atoms with van der Waals surface area (Å²) in [6.45, 7) is 4.04. The summed E-state index contributed by atoms with van der Waals surface area (Å²) >= 11 is 0. The molecule has 0 aromatic heterocycles. The van der Waals surface area contributed by atoms with E-state index in [1.165, 1.54) is 12.1 Å². The molecule has 0 unspecified atom stereocenters. The zero-order valence-corrected chi connectivity index (χ0v) is 9.99. The van der Waals surface area contributed by atoms with Crippen molar-refractivity contribution in [3.05, 3.63) is 35.4 Å². The van der Waals surface area contributed by atoms with Crippen LogP contribution in [0, 0.1) is 17.6 Å². The van der Waals surface area contributed by atoms with Crippen LogP contribution in [0.1, 0.15) is 24.8 Å². The molecule has 0 spiro atoms. The molecule has 16 heavy (non-hydrogen) atoms. The van der Waals surface area contributed by atoms with Gasteiger partial charge in [-0.05, 0) is 49.0 Å². The third-order valence-electron chi connectivity index (χ3n) is 3.16. The van der Waals surface area contributed by atoms with Gasteiger partial charge in [-0.25, -0.2) is 8.78 Å². The summed E-state index contributed by atoms with van der Waals surface area (Å²) in [5.74, 6) is -0.677. The van der Waals surface area contributed by atoms with Crippen LogP contribution in [0.5, 0.6) is 0 Å². The Morgan fingerprint density at radius 2 is 2.00 bits per heavy atom. The van der Waals surface area contributed by atoms with Gasteiger partial charge in [-0.3, -0.25) is 0 Å². The molecule has 1 aliphatic rings. The third kappa shape index (κ3) is 2.71. The minimum absolute atomic E-state index is 0. The van der Waals surface area contributed by atoms with E-state index in [9.17, 15) is 8.78 Å². The Kier molecular flexibility index (Phi) is 4.69. The molecule has 1 aliphatic heterocycles. The topological polar surface area (TPSA) is 12.0 Å². The van der Waals surface area contributed by atoms with Gasteiger partial charge in [-0.1, -0.05) is 13.0 Å². The van der Waals surface area contributed by atoms with Crippen molar-refractivity contribution >= 4 is 12.4 Å². The number of nitrogens with one attached hydrogen (secondary N) is 1. The Hall–Kier alpha value is -0.670. The first-order valence-corrected chi connectivity index (χ1v) is 5.34. The fourth-order valence-electron chi connectivity index (χ4n) is 2.25. The van der Waals surface area contributed by atoms with Crippen molar-refractivity contribution in [3.8, 4) is 0 Å². The number of piperidine rings is 1. The van der Waals surface area contributed by atoms with Gasteiger partial charge in [0, 0.05) is 0 Å². The molecule has 1 saturated heterocycles. The summed E-state index contributed by atoms with van der Waals surface area (Å²) in [6, 6.07) is 4.26. The zero-order valence-electron chi connectivity index (χ0n) is 9.17. The van der Waals surface area contributed by atoms with E-state index >= 15 is 0 Å². The first-order valence-electron chi connectivity index (χ1n) is 5.34. The minimum atomic E-state index is -0.764. The normalized spacial score (nSPS) is 24.9. The first-order chi connectivity index (χ1) is 7.18. The molecule has 1 aromatic rings. The van der Waals surface area contributed by atoms with Crippen molar-refractivity contribution < 1.29 is 8.78 Å². The van der Waals surface area contributed by atoms with E-state index in [1.54, 1.807) is 6.07 Å². The first kappa shape index (κ1) is 13.4. The highest BCUT2D eigenvalue weighted by molar-refractivity contribution is 5.85. The lowest BCUT2D eigenvalue weighted by atomic mass is 9.82. The maximum atomic E-state index is 13.1. The maximum Gasteiger partial charge on any atom is 0.159 e. The van der Waals surface area contributed by atoms with Crippen LogP contribution in [-0.4, -0.2) is 13.1 Å². The van der Waals surface area contributed by atoms with Crippen LogP contribution in [0.25, 0.3) is 0 Å². The fourth-order valence-corrected chi connectivity index (χ4v) is 2.25. The number of halogens is 3. The lowest BCUT2D eigenvalue weighted by molar-refractivity contribution is 0.348.